The normalized spacial score (nSPS) is 33.8. The highest BCUT2D eigenvalue weighted by Crippen LogP contribution is 2.76. The van der Waals surface area contributed by atoms with E-state index in [0.717, 1.165) is 0 Å². The van der Waals surface area contributed by atoms with Crippen LogP contribution in [0.3, 0.4) is 0 Å². The van der Waals surface area contributed by atoms with Crippen molar-refractivity contribution in [3.8, 4) is 0 Å². The maximum absolute atomic E-state index is 13.2. The van der Waals surface area contributed by atoms with E-state index in [1.807, 2.05) is 41.5 Å². The summed E-state index contributed by atoms with van der Waals surface area (Å²) < 4.78 is -1.84. The van der Waals surface area contributed by atoms with Gasteiger partial charge in [-0.25, -0.2) is 0 Å². The molecule has 0 saturated heterocycles. The molecule has 2 aliphatic carbocycles. The first kappa shape index (κ1) is 25.7. The van der Waals surface area contributed by atoms with Crippen LogP contribution in [0.2, 0.25) is 0 Å². The van der Waals surface area contributed by atoms with Gasteiger partial charge in [0.15, 0.2) is 4.33 Å². The molecule has 0 heterocycles. The molecule has 0 aromatic rings. The quantitative estimate of drug-likeness (QED) is 0.463. The molecule has 0 unspecified atom stereocenters. The molecular weight excluding hydrogens is 501 g/mol. The fourth-order valence-electron chi connectivity index (χ4n) is 4.04. The van der Waals surface area contributed by atoms with Gasteiger partial charge in [-0.2, -0.15) is 0 Å². The molecular formula is C19H26Cl6N2O2. The Bertz CT molecular complexity index is 755. The summed E-state index contributed by atoms with van der Waals surface area (Å²) in [7, 11) is 0. The minimum atomic E-state index is -1.84. The lowest BCUT2D eigenvalue weighted by Gasteiger charge is -2.37. The van der Waals surface area contributed by atoms with E-state index in [9.17, 15) is 9.59 Å². The first-order valence-electron chi connectivity index (χ1n) is 9.25. The second kappa shape index (κ2) is 7.78. The molecule has 0 aromatic carbocycles. The topological polar surface area (TPSA) is 58.2 Å². The average molecular weight is 527 g/mol. The molecule has 4 atom stereocenters. The zero-order valence-electron chi connectivity index (χ0n) is 17.2. The summed E-state index contributed by atoms with van der Waals surface area (Å²) in [6.45, 7) is 11.1. The second-order valence-corrected chi connectivity index (χ2v) is 13.1. The minimum Gasteiger partial charge on any atom is -0.352 e. The maximum atomic E-state index is 13.2. The van der Waals surface area contributed by atoms with Gasteiger partial charge in [-0.3, -0.25) is 9.59 Å². The number of hydrogen-bond donors (Lipinski definition) is 2. The molecule has 10 heteroatoms. The maximum Gasteiger partial charge on any atom is 0.226 e. The Morgan fingerprint density at radius 3 is 1.76 bits per heavy atom. The van der Waals surface area contributed by atoms with Crippen LogP contribution < -0.4 is 10.6 Å². The lowest BCUT2D eigenvalue weighted by atomic mass is 9.78. The zero-order chi connectivity index (χ0) is 22.8. The first-order valence-corrected chi connectivity index (χ1v) is 11.5. The molecule has 166 valence electrons. The van der Waals surface area contributed by atoms with Gasteiger partial charge in [-0.15, -0.1) is 23.2 Å². The summed E-state index contributed by atoms with van der Waals surface area (Å²) in [4.78, 5) is 22.3. The van der Waals surface area contributed by atoms with Crippen LogP contribution in [-0.4, -0.2) is 37.0 Å². The van der Waals surface area contributed by atoms with E-state index in [1.165, 1.54) is 0 Å². The predicted octanol–water partition coefficient (Wildman–Crippen LogP) is 5.67. The number of nitrogens with one attached hydrogen (secondary N) is 2. The number of alkyl halides is 4. The van der Waals surface area contributed by atoms with Crippen molar-refractivity contribution in [3.05, 3.63) is 10.1 Å². The third kappa shape index (κ3) is 4.12. The van der Waals surface area contributed by atoms with Crippen LogP contribution in [0, 0.1) is 11.8 Å². The minimum absolute atomic E-state index is 0.0156. The van der Waals surface area contributed by atoms with Gasteiger partial charge in [0.05, 0.1) is 16.0 Å². The molecule has 2 bridgehead atoms. The smallest absolute Gasteiger partial charge is 0.226 e. The standard InChI is InChI=1S/C19H26Cl6N2O2/c1-15(2,3)26-10(28)8-7-9-11(14(29)27-16(4,5)6)18(23)13(21)12(20)17(9,22)19(18,24)25/h9,11H,7-8H2,1-6H3,(H,26,28)(H,27,29)/t9-,11+,17-,18-/m0/s1. The fraction of sp³-hybridized carbons (Fsp3) is 0.789. The van der Waals surface area contributed by atoms with Crippen molar-refractivity contribution < 1.29 is 9.59 Å². The Kier molecular flexibility index (Phi) is 6.89. The highest BCUT2D eigenvalue weighted by molar-refractivity contribution is 6.66. The highest BCUT2D eigenvalue weighted by Gasteiger charge is 2.83. The Hall–Kier alpha value is 0.420. The van der Waals surface area contributed by atoms with Crippen molar-refractivity contribution in [2.75, 3.05) is 0 Å². The predicted molar refractivity (Wildman–Crippen MR) is 122 cm³/mol. The largest absolute Gasteiger partial charge is 0.352 e. The Balaban J connectivity index is 2.46. The number of halogens is 6. The third-order valence-electron chi connectivity index (χ3n) is 5.06. The SMILES string of the molecule is CC(C)(C)NC(=O)CC[C@H]1[C@H](C(=O)NC(C)(C)C)[C@]2(Cl)C(Cl)=C(Cl)[C@]1(Cl)C2(Cl)Cl. The summed E-state index contributed by atoms with van der Waals surface area (Å²) in [6.07, 6.45) is 0.290. The lowest BCUT2D eigenvalue weighted by Crippen LogP contribution is -2.52. The third-order valence-corrected chi connectivity index (χ3v) is 9.37. The summed E-state index contributed by atoms with van der Waals surface area (Å²) in [6, 6.07) is 0. The summed E-state index contributed by atoms with van der Waals surface area (Å²) >= 11 is 39.8. The summed E-state index contributed by atoms with van der Waals surface area (Å²) in [5, 5.41) is 5.75. The number of fused-ring (bicyclic) bond motifs is 2. The van der Waals surface area contributed by atoms with Crippen LogP contribution in [-0.2, 0) is 9.59 Å². The van der Waals surface area contributed by atoms with E-state index in [1.54, 1.807) is 0 Å². The molecule has 4 nitrogen and oxygen atoms in total. The summed E-state index contributed by atoms with van der Waals surface area (Å²) in [5.74, 6) is -2.28. The van der Waals surface area contributed by atoms with E-state index >= 15 is 0 Å². The molecule has 2 aliphatic rings. The average Bonchev–Trinajstić information content (AvgIpc) is 2.69. The van der Waals surface area contributed by atoms with Gasteiger partial charge in [0.1, 0.15) is 9.75 Å². The van der Waals surface area contributed by atoms with Gasteiger partial charge >= 0.3 is 0 Å². The summed E-state index contributed by atoms with van der Waals surface area (Å²) in [5.41, 5.74) is -0.939. The Morgan fingerprint density at radius 2 is 1.31 bits per heavy atom. The second-order valence-electron chi connectivity index (χ2n) is 9.79. The van der Waals surface area contributed by atoms with Crippen LogP contribution in [0.25, 0.3) is 0 Å². The monoisotopic (exact) mass is 524 g/mol. The molecule has 0 aromatic heterocycles. The molecule has 2 rings (SSSR count). The van der Waals surface area contributed by atoms with E-state index in [-0.39, 0.29) is 28.8 Å². The van der Waals surface area contributed by atoms with Crippen LogP contribution in [0.15, 0.2) is 10.1 Å². The molecule has 2 amide bonds. The molecule has 0 radical (unpaired) electrons. The van der Waals surface area contributed by atoms with Crippen molar-refractivity contribution in [1.29, 1.82) is 0 Å². The number of hydrogen-bond acceptors (Lipinski definition) is 2. The molecule has 2 N–H and O–H groups in total. The molecule has 0 spiro atoms. The number of allylic oxidation sites excluding steroid dienone is 2. The number of carbonyl (C=O) groups is 2. The van der Waals surface area contributed by atoms with Crippen LogP contribution in [0.5, 0.6) is 0 Å². The zero-order valence-corrected chi connectivity index (χ0v) is 21.7. The van der Waals surface area contributed by atoms with E-state index < -0.39 is 42.9 Å². The van der Waals surface area contributed by atoms with Crippen LogP contribution in [0.4, 0.5) is 0 Å². The van der Waals surface area contributed by atoms with Crippen molar-refractivity contribution in [2.45, 2.75) is 79.5 Å². The fourth-order valence-corrected chi connectivity index (χ4v) is 7.08. The molecule has 29 heavy (non-hydrogen) atoms. The van der Waals surface area contributed by atoms with E-state index in [2.05, 4.69) is 10.6 Å². The number of carbonyl (C=O) groups excluding carboxylic acids is 2. The van der Waals surface area contributed by atoms with Crippen molar-refractivity contribution >= 4 is 81.4 Å². The Labute approximate surface area is 202 Å². The van der Waals surface area contributed by atoms with Gasteiger partial charge in [-0.1, -0.05) is 46.4 Å². The van der Waals surface area contributed by atoms with Crippen LogP contribution >= 0.6 is 69.6 Å². The van der Waals surface area contributed by atoms with E-state index in [4.69, 9.17) is 69.6 Å². The van der Waals surface area contributed by atoms with Crippen LogP contribution in [0.1, 0.15) is 54.4 Å². The highest BCUT2D eigenvalue weighted by atomic mass is 35.5. The van der Waals surface area contributed by atoms with Crippen molar-refractivity contribution in [3.63, 3.8) is 0 Å². The molecule has 0 aliphatic heterocycles. The van der Waals surface area contributed by atoms with Crippen molar-refractivity contribution in [2.24, 2.45) is 11.8 Å². The van der Waals surface area contributed by atoms with Gasteiger partial charge < -0.3 is 10.6 Å². The number of amides is 2. The number of rotatable bonds is 4. The lowest BCUT2D eigenvalue weighted by molar-refractivity contribution is -0.129. The van der Waals surface area contributed by atoms with Crippen molar-refractivity contribution in [1.82, 2.24) is 10.6 Å². The van der Waals surface area contributed by atoms with Gasteiger partial charge in [0.25, 0.3) is 0 Å². The molecule has 1 fully saturated rings. The van der Waals surface area contributed by atoms with Gasteiger partial charge in [0.2, 0.25) is 11.8 Å². The Morgan fingerprint density at radius 1 is 0.862 bits per heavy atom. The molecule has 1 saturated carbocycles. The van der Waals surface area contributed by atoms with E-state index in [0.29, 0.717) is 0 Å². The van der Waals surface area contributed by atoms with Gasteiger partial charge in [-0.05, 0) is 48.0 Å². The first-order chi connectivity index (χ1) is 12.8. The van der Waals surface area contributed by atoms with Gasteiger partial charge in [0, 0.05) is 23.4 Å².